The molecule has 6 rings (SSSR count). The van der Waals surface area contributed by atoms with Gasteiger partial charge in [0.25, 0.3) is 0 Å². The maximum Gasteiger partial charge on any atom is 0.188 e. The molecule has 0 N–H and O–H groups in total. The molecular weight excluding hydrogens is 469 g/mol. The minimum Gasteiger partial charge on any atom is -0.497 e. The molecule has 0 radical (unpaired) electrons. The largest absolute Gasteiger partial charge is 0.497 e. The number of hydrogen-bond acceptors (Lipinski definition) is 3. The van der Waals surface area contributed by atoms with Crippen molar-refractivity contribution in [1.82, 2.24) is 14.1 Å². The maximum atomic E-state index is 14.0. The van der Waals surface area contributed by atoms with E-state index in [0.717, 1.165) is 33.9 Å². The summed E-state index contributed by atoms with van der Waals surface area (Å²) >= 11 is 12.8. The predicted octanol–water partition coefficient (Wildman–Crippen LogP) is 6.85. The third-order valence-electron chi connectivity index (χ3n) is 6.40. The Balaban J connectivity index is 1.66. The van der Waals surface area contributed by atoms with E-state index in [2.05, 4.69) is 4.57 Å². The van der Waals surface area contributed by atoms with Crippen LogP contribution in [0.5, 0.6) is 5.75 Å². The Kier molecular flexibility index (Phi) is 4.97. The first-order chi connectivity index (χ1) is 16.6. The lowest BCUT2D eigenvalue weighted by molar-refractivity contribution is 0.0895. The van der Waals surface area contributed by atoms with Crippen LogP contribution in [-0.2, 0) is 0 Å². The number of carbonyl (C=O) groups excluding carboxylic acids is 1. The van der Waals surface area contributed by atoms with E-state index in [1.807, 2.05) is 83.6 Å². The molecular formula is C27H19Cl2N3O2. The summed E-state index contributed by atoms with van der Waals surface area (Å²) in [6.45, 7) is 0. The van der Waals surface area contributed by atoms with E-state index < -0.39 is 6.04 Å². The number of ketones is 1. The van der Waals surface area contributed by atoms with Gasteiger partial charge in [-0.15, -0.1) is 0 Å². The summed E-state index contributed by atoms with van der Waals surface area (Å²) in [5.74, 6) is 1.53. The second kappa shape index (κ2) is 8.05. The molecule has 2 aromatic heterocycles. The second-order valence-corrected chi connectivity index (χ2v) is 9.07. The van der Waals surface area contributed by atoms with Crippen molar-refractivity contribution in [1.29, 1.82) is 0 Å². The molecule has 0 amide bonds. The number of carbonyl (C=O) groups is 1. The van der Waals surface area contributed by atoms with E-state index >= 15 is 0 Å². The highest BCUT2D eigenvalue weighted by atomic mass is 35.5. The zero-order valence-electron chi connectivity index (χ0n) is 18.2. The number of fused-ring (bicyclic) bond motifs is 5. The van der Waals surface area contributed by atoms with Crippen LogP contribution in [0, 0.1) is 0 Å². The van der Waals surface area contributed by atoms with Gasteiger partial charge in [0.1, 0.15) is 11.8 Å². The number of methoxy groups -OCH3 is 1. The number of nitrogens with zero attached hydrogens (tertiary/aromatic N) is 3. The standard InChI is InChI=1S/C27H19Cl2N3O2/c1-34-18-11-9-16(10-12-18)24-25(26(33)17-6-3-2-4-7-17)31-13-5-8-22(31)27-30-21-14-19(28)20(29)15-23(21)32(24)27/h2-15,24-25H,1H3/t24-,25+/m0/s1. The fourth-order valence-corrected chi connectivity index (χ4v) is 5.16. The molecule has 0 saturated carbocycles. The Morgan fingerprint density at radius 3 is 2.41 bits per heavy atom. The average Bonchev–Trinajstić information content (AvgIpc) is 3.49. The van der Waals surface area contributed by atoms with Gasteiger partial charge in [-0.25, -0.2) is 4.98 Å². The summed E-state index contributed by atoms with van der Waals surface area (Å²) in [5, 5.41) is 0.884. The maximum absolute atomic E-state index is 14.0. The van der Waals surface area contributed by atoms with Crippen molar-refractivity contribution >= 4 is 40.0 Å². The van der Waals surface area contributed by atoms with Crippen LogP contribution < -0.4 is 4.74 Å². The highest BCUT2D eigenvalue weighted by Crippen LogP contribution is 2.46. The number of ether oxygens (including phenoxy) is 1. The average molecular weight is 488 g/mol. The summed E-state index contributed by atoms with van der Waals surface area (Å²) < 4.78 is 9.51. The zero-order chi connectivity index (χ0) is 23.4. The predicted molar refractivity (Wildman–Crippen MR) is 134 cm³/mol. The smallest absolute Gasteiger partial charge is 0.188 e. The van der Waals surface area contributed by atoms with E-state index in [-0.39, 0.29) is 11.8 Å². The number of aromatic nitrogens is 3. The Hall–Kier alpha value is -3.54. The van der Waals surface area contributed by atoms with Gasteiger partial charge in [-0.05, 0) is 42.0 Å². The quantitative estimate of drug-likeness (QED) is 0.260. The van der Waals surface area contributed by atoms with E-state index in [1.54, 1.807) is 13.2 Å². The molecule has 2 atom stereocenters. The lowest BCUT2D eigenvalue weighted by atomic mass is 9.90. The molecule has 34 heavy (non-hydrogen) atoms. The van der Waals surface area contributed by atoms with E-state index in [4.69, 9.17) is 32.9 Å². The van der Waals surface area contributed by atoms with Gasteiger partial charge in [-0.1, -0.05) is 65.7 Å². The molecule has 1 aliphatic rings. The summed E-state index contributed by atoms with van der Waals surface area (Å²) in [4.78, 5) is 18.9. The zero-order valence-corrected chi connectivity index (χ0v) is 19.7. The SMILES string of the molecule is COc1ccc([C@H]2[C@H](C(=O)c3ccccc3)n3cccc3-c3nc4cc(Cl)c(Cl)cc4n32)cc1. The molecule has 7 heteroatoms. The minimum atomic E-state index is -0.528. The van der Waals surface area contributed by atoms with Crippen LogP contribution in [0.15, 0.2) is 85.1 Å². The third-order valence-corrected chi connectivity index (χ3v) is 7.12. The van der Waals surface area contributed by atoms with Crippen molar-refractivity contribution in [2.24, 2.45) is 0 Å². The van der Waals surface area contributed by atoms with Crippen molar-refractivity contribution in [3.63, 3.8) is 0 Å². The molecule has 168 valence electrons. The van der Waals surface area contributed by atoms with Crippen LogP contribution in [0.1, 0.15) is 28.0 Å². The molecule has 1 aliphatic heterocycles. The highest BCUT2D eigenvalue weighted by Gasteiger charge is 2.40. The minimum absolute atomic E-state index is 0.0198. The first-order valence-corrected chi connectivity index (χ1v) is 11.6. The first kappa shape index (κ1) is 21.0. The molecule has 3 heterocycles. The van der Waals surface area contributed by atoms with Crippen molar-refractivity contribution in [2.75, 3.05) is 7.11 Å². The topological polar surface area (TPSA) is 49.1 Å². The fourth-order valence-electron chi connectivity index (χ4n) is 4.85. The van der Waals surface area contributed by atoms with E-state index in [9.17, 15) is 4.79 Å². The molecule has 0 aliphatic carbocycles. The summed E-state index contributed by atoms with van der Waals surface area (Å²) in [6, 6.07) is 23.8. The van der Waals surface area contributed by atoms with Crippen molar-refractivity contribution < 1.29 is 9.53 Å². The van der Waals surface area contributed by atoms with Crippen molar-refractivity contribution in [2.45, 2.75) is 12.1 Å². The van der Waals surface area contributed by atoms with Crippen LogP contribution >= 0.6 is 23.2 Å². The molecule has 3 aromatic carbocycles. The molecule has 0 bridgehead atoms. The Bertz CT molecular complexity index is 1540. The number of Topliss-reactive ketones (excluding diaryl/α,β-unsaturated/α-hetero) is 1. The number of halogens is 2. The Morgan fingerprint density at radius 2 is 1.68 bits per heavy atom. The summed E-state index contributed by atoms with van der Waals surface area (Å²) in [6.07, 6.45) is 1.94. The molecule has 0 saturated heterocycles. The van der Waals surface area contributed by atoms with E-state index in [1.165, 1.54) is 0 Å². The van der Waals surface area contributed by atoms with Gasteiger partial charge in [0, 0.05) is 11.8 Å². The summed E-state index contributed by atoms with van der Waals surface area (Å²) in [5.41, 5.74) is 4.02. The van der Waals surface area contributed by atoms with Crippen molar-refractivity contribution in [3.8, 4) is 17.3 Å². The molecule has 5 aromatic rings. The monoisotopic (exact) mass is 487 g/mol. The van der Waals surface area contributed by atoms with Crippen LogP contribution in [0.3, 0.4) is 0 Å². The van der Waals surface area contributed by atoms with Crippen LogP contribution in [0.2, 0.25) is 10.0 Å². The van der Waals surface area contributed by atoms with E-state index in [0.29, 0.717) is 15.6 Å². The number of benzene rings is 3. The van der Waals surface area contributed by atoms with Gasteiger partial charge >= 0.3 is 0 Å². The van der Waals surface area contributed by atoms with Gasteiger partial charge in [-0.2, -0.15) is 0 Å². The third kappa shape index (κ3) is 3.16. The summed E-state index contributed by atoms with van der Waals surface area (Å²) in [7, 11) is 1.64. The highest BCUT2D eigenvalue weighted by molar-refractivity contribution is 6.42. The van der Waals surface area contributed by atoms with Gasteiger partial charge < -0.3 is 13.9 Å². The lowest BCUT2D eigenvalue weighted by Gasteiger charge is -2.36. The van der Waals surface area contributed by atoms with Crippen LogP contribution in [0.4, 0.5) is 0 Å². The van der Waals surface area contributed by atoms with Gasteiger partial charge in [-0.3, -0.25) is 4.79 Å². The number of hydrogen-bond donors (Lipinski definition) is 0. The Morgan fingerprint density at radius 1 is 0.941 bits per heavy atom. The van der Waals surface area contributed by atoms with Gasteiger partial charge in [0.05, 0.1) is 39.9 Å². The Labute approximate surface area is 206 Å². The van der Waals surface area contributed by atoms with Crippen LogP contribution in [0.25, 0.3) is 22.6 Å². The van der Waals surface area contributed by atoms with Gasteiger partial charge in [0.15, 0.2) is 11.6 Å². The van der Waals surface area contributed by atoms with Crippen LogP contribution in [-0.4, -0.2) is 27.0 Å². The molecule has 0 unspecified atom stereocenters. The molecule has 0 spiro atoms. The van der Waals surface area contributed by atoms with Gasteiger partial charge in [0.2, 0.25) is 0 Å². The molecule has 5 nitrogen and oxygen atoms in total. The second-order valence-electron chi connectivity index (χ2n) is 8.25. The first-order valence-electron chi connectivity index (χ1n) is 10.8. The van der Waals surface area contributed by atoms with Crippen molar-refractivity contribution in [3.05, 3.63) is 106 Å². The fraction of sp³-hybridized carbons (Fsp3) is 0.111. The normalized spacial score (nSPS) is 16.8. The number of imidazole rings is 1. The lowest BCUT2D eigenvalue weighted by Crippen LogP contribution is -2.34. The molecule has 0 fully saturated rings. The number of rotatable bonds is 4.